The number of rotatable bonds is 9. The molecule has 40 heavy (non-hydrogen) atoms. The van der Waals surface area contributed by atoms with Crippen LogP contribution in [0.25, 0.3) is 11.1 Å². The summed E-state index contributed by atoms with van der Waals surface area (Å²) in [7, 11) is 0. The molecule has 0 heterocycles. The third-order valence-electron chi connectivity index (χ3n) is 6.18. The summed E-state index contributed by atoms with van der Waals surface area (Å²) in [5.41, 5.74) is 1.03. The van der Waals surface area contributed by atoms with Gasteiger partial charge in [0.15, 0.2) is 0 Å². The fourth-order valence-electron chi connectivity index (χ4n) is 4.41. The molecule has 0 saturated heterocycles. The van der Waals surface area contributed by atoms with Gasteiger partial charge >= 0.3 is 18.2 Å². The normalized spacial score (nSPS) is 15.4. The molecule has 2 atom stereocenters. The lowest BCUT2D eigenvalue weighted by molar-refractivity contribution is -0.169. The molecule has 1 fully saturated rings. The van der Waals surface area contributed by atoms with Gasteiger partial charge in [-0.25, -0.2) is 14.0 Å². The van der Waals surface area contributed by atoms with Gasteiger partial charge in [-0.2, -0.15) is 0 Å². The highest BCUT2D eigenvalue weighted by atomic mass is 35.5. The summed E-state index contributed by atoms with van der Waals surface area (Å²) in [5.74, 6) is -1.08. The van der Waals surface area contributed by atoms with Crippen LogP contribution in [0.4, 0.5) is 14.0 Å². The molecule has 0 bridgehead atoms. The largest absolute Gasteiger partial charge is 0.511 e. The highest BCUT2D eigenvalue weighted by Gasteiger charge is 2.25. The maximum absolute atomic E-state index is 14.3. The summed E-state index contributed by atoms with van der Waals surface area (Å²) in [5, 5.41) is 3.13. The van der Waals surface area contributed by atoms with Gasteiger partial charge in [-0.3, -0.25) is 4.79 Å². The summed E-state index contributed by atoms with van der Waals surface area (Å²) < 4.78 is 35.3. The number of ether oxygens (including phenoxy) is 4. The fourth-order valence-corrected chi connectivity index (χ4v) is 4.58. The maximum atomic E-state index is 14.3. The Kier molecular flexibility index (Phi) is 11.2. The molecule has 3 rings (SSSR count). The van der Waals surface area contributed by atoms with E-state index < -0.39 is 42.0 Å². The minimum Gasteiger partial charge on any atom is -0.444 e. The van der Waals surface area contributed by atoms with Gasteiger partial charge in [0, 0.05) is 23.6 Å². The van der Waals surface area contributed by atoms with E-state index in [-0.39, 0.29) is 18.9 Å². The molecule has 2 aromatic rings. The number of esters is 1. The highest BCUT2D eigenvalue weighted by Crippen LogP contribution is 2.27. The fraction of sp³-hybridized carbons (Fsp3) is 0.500. The average molecular weight is 578 g/mol. The molecule has 1 saturated carbocycles. The number of hydrogen-bond donors (Lipinski definition) is 1. The lowest BCUT2D eigenvalue weighted by Crippen LogP contribution is -2.42. The first kappa shape index (κ1) is 31.2. The SMILES string of the molecule is C[C@H](OC(=O)CC(Cc1ccc(-c2cc(Cl)ccc2F)cc1)NC(=O)OC(C)(C)C)OC(=O)OC1CCCCC1. The van der Waals surface area contributed by atoms with Gasteiger partial charge in [0.2, 0.25) is 6.29 Å². The van der Waals surface area contributed by atoms with E-state index in [2.05, 4.69) is 5.32 Å². The Bertz CT molecular complexity index is 1160. The first-order valence-corrected chi connectivity index (χ1v) is 13.9. The van der Waals surface area contributed by atoms with Crippen molar-refractivity contribution in [1.82, 2.24) is 5.32 Å². The standard InChI is InChI=1S/C30H37ClFNO7/c1-19(38-29(36)39-24-8-6-5-7-9-24)37-27(34)18-23(33-28(35)40-30(2,3)4)16-20-10-12-21(13-11-20)25-17-22(31)14-15-26(25)32/h10-15,17,19,23-24H,5-9,16,18H2,1-4H3,(H,33,35)/t19-,23?/m1/s1. The Balaban J connectivity index is 1.62. The summed E-state index contributed by atoms with van der Waals surface area (Å²) in [6, 6.07) is 10.7. The van der Waals surface area contributed by atoms with Crippen molar-refractivity contribution in [2.24, 2.45) is 0 Å². The monoisotopic (exact) mass is 577 g/mol. The Hall–Kier alpha value is -3.33. The van der Waals surface area contributed by atoms with Gasteiger partial charge in [0.1, 0.15) is 17.5 Å². The number of amides is 1. The number of nitrogens with one attached hydrogen (secondary N) is 1. The first-order chi connectivity index (χ1) is 18.9. The van der Waals surface area contributed by atoms with E-state index >= 15 is 0 Å². The van der Waals surface area contributed by atoms with Gasteiger partial charge in [0.25, 0.3) is 0 Å². The minimum absolute atomic E-state index is 0.187. The van der Waals surface area contributed by atoms with Crippen molar-refractivity contribution >= 4 is 29.8 Å². The molecule has 0 aromatic heterocycles. The molecule has 1 aliphatic rings. The number of halogens is 2. The zero-order valence-electron chi connectivity index (χ0n) is 23.3. The van der Waals surface area contributed by atoms with Crippen LogP contribution < -0.4 is 5.32 Å². The van der Waals surface area contributed by atoms with Gasteiger partial charge in [0.05, 0.1) is 6.42 Å². The van der Waals surface area contributed by atoms with E-state index in [1.165, 1.54) is 19.1 Å². The third-order valence-corrected chi connectivity index (χ3v) is 6.42. The minimum atomic E-state index is -1.17. The second-order valence-electron chi connectivity index (χ2n) is 10.9. The van der Waals surface area contributed by atoms with Gasteiger partial charge in [-0.15, -0.1) is 0 Å². The van der Waals surface area contributed by atoms with Crippen LogP contribution in [0.5, 0.6) is 0 Å². The topological polar surface area (TPSA) is 100 Å². The number of carbonyl (C=O) groups is 3. The van der Waals surface area contributed by atoms with Crippen molar-refractivity contribution < 1.29 is 37.7 Å². The molecule has 0 radical (unpaired) electrons. The summed E-state index contributed by atoms with van der Waals surface area (Å²) in [6.45, 7) is 6.61. The van der Waals surface area contributed by atoms with Crippen molar-refractivity contribution in [3.63, 3.8) is 0 Å². The summed E-state index contributed by atoms with van der Waals surface area (Å²) in [4.78, 5) is 37.3. The van der Waals surface area contributed by atoms with Crippen LogP contribution in [0.15, 0.2) is 42.5 Å². The van der Waals surface area contributed by atoms with Crippen molar-refractivity contribution in [2.75, 3.05) is 0 Å². The Morgan fingerprint density at radius 3 is 2.35 bits per heavy atom. The molecule has 8 nitrogen and oxygen atoms in total. The smallest absolute Gasteiger partial charge is 0.444 e. The number of hydrogen-bond acceptors (Lipinski definition) is 7. The van der Waals surface area contributed by atoms with E-state index in [0.29, 0.717) is 16.1 Å². The Labute approximate surface area is 239 Å². The van der Waals surface area contributed by atoms with Crippen LogP contribution in [-0.4, -0.2) is 42.3 Å². The molecule has 218 valence electrons. The van der Waals surface area contributed by atoms with E-state index in [9.17, 15) is 18.8 Å². The molecular weight excluding hydrogens is 541 g/mol. The van der Waals surface area contributed by atoms with Gasteiger partial charge in [-0.1, -0.05) is 42.3 Å². The molecule has 0 spiro atoms. The zero-order chi connectivity index (χ0) is 29.3. The van der Waals surface area contributed by atoms with Crippen LogP contribution in [-0.2, 0) is 30.2 Å². The van der Waals surface area contributed by atoms with Crippen molar-refractivity contribution in [3.8, 4) is 11.1 Å². The predicted octanol–water partition coefficient (Wildman–Crippen LogP) is 7.35. The van der Waals surface area contributed by atoms with Crippen LogP contribution in [0.1, 0.15) is 71.8 Å². The average Bonchev–Trinajstić information content (AvgIpc) is 2.85. The zero-order valence-corrected chi connectivity index (χ0v) is 24.1. The molecule has 0 aliphatic heterocycles. The molecule has 1 amide bonds. The van der Waals surface area contributed by atoms with E-state index in [1.54, 1.807) is 51.1 Å². The van der Waals surface area contributed by atoms with Gasteiger partial charge < -0.3 is 24.3 Å². The van der Waals surface area contributed by atoms with Crippen LogP contribution in [0, 0.1) is 5.82 Å². The summed E-state index contributed by atoms with van der Waals surface area (Å²) >= 11 is 6.02. The second-order valence-corrected chi connectivity index (χ2v) is 11.3. The molecule has 2 aromatic carbocycles. The third kappa shape index (κ3) is 10.7. The van der Waals surface area contributed by atoms with E-state index in [1.807, 2.05) is 0 Å². The number of benzene rings is 2. The van der Waals surface area contributed by atoms with Crippen molar-refractivity contribution in [1.29, 1.82) is 0 Å². The summed E-state index contributed by atoms with van der Waals surface area (Å²) in [6.07, 6.45) is 1.80. The predicted molar refractivity (Wildman–Crippen MR) is 148 cm³/mol. The van der Waals surface area contributed by atoms with E-state index in [4.69, 9.17) is 30.5 Å². The number of carbonyl (C=O) groups excluding carboxylic acids is 3. The molecule has 10 heteroatoms. The molecule has 1 N–H and O–H groups in total. The first-order valence-electron chi connectivity index (χ1n) is 13.5. The molecular formula is C30H37ClFNO7. The quantitative estimate of drug-likeness (QED) is 0.189. The van der Waals surface area contributed by atoms with Crippen LogP contribution >= 0.6 is 11.6 Å². The van der Waals surface area contributed by atoms with Crippen LogP contribution in [0.3, 0.4) is 0 Å². The van der Waals surface area contributed by atoms with Crippen molar-refractivity contribution in [2.45, 2.75) is 96.7 Å². The Morgan fingerprint density at radius 1 is 1.02 bits per heavy atom. The lowest BCUT2D eigenvalue weighted by atomic mass is 9.98. The highest BCUT2D eigenvalue weighted by molar-refractivity contribution is 6.30. The van der Waals surface area contributed by atoms with Gasteiger partial charge in [-0.05, 0) is 82.2 Å². The van der Waals surface area contributed by atoms with Crippen LogP contribution in [0.2, 0.25) is 5.02 Å². The molecule has 1 unspecified atom stereocenters. The lowest BCUT2D eigenvalue weighted by Gasteiger charge is -2.24. The van der Waals surface area contributed by atoms with E-state index in [0.717, 1.165) is 37.7 Å². The Morgan fingerprint density at radius 2 is 1.70 bits per heavy atom. The second kappa shape index (κ2) is 14.3. The number of alkyl carbamates (subject to hydrolysis) is 1. The maximum Gasteiger partial charge on any atom is 0.511 e. The molecule has 1 aliphatic carbocycles. The van der Waals surface area contributed by atoms with Crippen molar-refractivity contribution in [3.05, 3.63) is 58.9 Å².